The molecule has 0 bridgehead atoms. The molecule has 0 radical (unpaired) electrons. The lowest BCUT2D eigenvalue weighted by molar-refractivity contribution is -0.0339. The summed E-state index contributed by atoms with van der Waals surface area (Å²) in [5, 5.41) is 22.2. The molecule has 8 nitrogen and oxygen atoms in total. The number of carbonyl (C=O) groups is 1. The first-order valence-corrected chi connectivity index (χ1v) is 10.5. The number of rotatable bonds is 3. The number of nitrogens with zero attached hydrogens (tertiary/aromatic N) is 6. The van der Waals surface area contributed by atoms with E-state index in [4.69, 9.17) is 0 Å². The fourth-order valence-electron chi connectivity index (χ4n) is 4.99. The van der Waals surface area contributed by atoms with Crippen molar-refractivity contribution in [3.05, 3.63) is 59.8 Å². The summed E-state index contributed by atoms with van der Waals surface area (Å²) in [6.07, 6.45) is 2.22. The van der Waals surface area contributed by atoms with E-state index in [-0.39, 0.29) is 11.3 Å². The largest absolute Gasteiger partial charge is 0.391 e. The molecule has 1 atom stereocenters. The van der Waals surface area contributed by atoms with Crippen molar-refractivity contribution in [1.29, 1.82) is 0 Å². The number of aliphatic hydroxyl groups excluding tert-OH is 1. The van der Waals surface area contributed by atoms with Gasteiger partial charge in [0.05, 0.1) is 6.10 Å². The highest BCUT2D eigenvalue weighted by molar-refractivity contribution is 5.93. The van der Waals surface area contributed by atoms with Gasteiger partial charge in [0.1, 0.15) is 5.69 Å². The Kier molecular flexibility index (Phi) is 4.96. The molecule has 3 aromatic rings. The van der Waals surface area contributed by atoms with Gasteiger partial charge >= 0.3 is 0 Å². The summed E-state index contributed by atoms with van der Waals surface area (Å²) in [5.41, 5.74) is 2.27. The molecule has 2 fully saturated rings. The third kappa shape index (κ3) is 3.68. The summed E-state index contributed by atoms with van der Waals surface area (Å²) in [5.74, 6) is -0.127. The summed E-state index contributed by atoms with van der Waals surface area (Å²) < 4.78 is 1.47. The van der Waals surface area contributed by atoms with Gasteiger partial charge in [-0.3, -0.25) is 9.69 Å². The van der Waals surface area contributed by atoms with Crippen LogP contribution in [-0.4, -0.2) is 73.1 Å². The molecule has 156 valence electrons. The van der Waals surface area contributed by atoms with E-state index >= 15 is 0 Å². The van der Waals surface area contributed by atoms with Crippen LogP contribution in [0.4, 0.5) is 0 Å². The number of aromatic nitrogens is 4. The molecule has 2 aromatic heterocycles. The number of hydrogen-bond donors (Lipinski definition) is 1. The van der Waals surface area contributed by atoms with E-state index in [1.54, 1.807) is 23.1 Å². The smallest absolute Gasteiger partial charge is 0.272 e. The quantitative estimate of drug-likeness (QED) is 0.711. The number of amides is 1. The van der Waals surface area contributed by atoms with Crippen molar-refractivity contribution in [3.8, 4) is 0 Å². The van der Waals surface area contributed by atoms with Crippen LogP contribution in [-0.2, 0) is 6.54 Å². The van der Waals surface area contributed by atoms with Crippen molar-refractivity contribution < 1.29 is 9.90 Å². The molecule has 8 heteroatoms. The predicted molar refractivity (Wildman–Crippen MR) is 111 cm³/mol. The van der Waals surface area contributed by atoms with Crippen molar-refractivity contribution in [2.75, 3.05) is 26.2 Å². The first kappa shape index (κ1) is 19.1. The Morgan fingerprint density at radius 2 is 1.90 bits per heavy atom. The van der Waals surface area contributed by atoms with Gasteiger partial charge in [0, 0.05) is 19.6 Å². The van der Waals surface area contributed by atoms with Gasteiger partial charge in [-0.1, -0.05) is 36.4 Å². The van der Waals surface area contributed by atoms with E-state index in [0.717, 1.165) is 38.9 Å². The maximum atomic E-state index is 13.3. The lowest BCUT2D eigenvalue weighted by atomic mass is 9.71. The van der Waals surface area contributed by atoms with Gasteiger partial charge < -0.3 is 10.0 Å². The molecular weight excluding hydrogens is 380 g/mol. The van der Waals surface area contributed by atoms with Crippen LogP contribution >= 0.6 is 0 Å². The number of aliphatic hydroxyl groups is 1. The minimum Gasteiger partial charge on any atom is -0.391 e. The van der Waals surface area contributed by atoms with E-state index in [1.165, 1.54) is 10.1 Å². The van der Waals surface area contributed by atoms with E-state index in [1.807, 2.05) is 6.07 Å². The van der Waals surface area contributed by atoms with Gasteiger partial charge in [-0.25, -0.2) is 0 Å². The Bertz CT molecular complexity index is 1030. The van der Waals surface area contributed by atoms with Crippen LogP contribution in [0.2, 0.25) is 0 Å². The van der Waals surface area contributed by atoms with E-state index < -0.39 is 6.10 Å². The van der Waals surface area contributed by atoms with Crippen molar-refractivity contribution in [3.63, 3.8) is 0 Å². The average Bonchev–Trinajstić information content (AvgIpc) is 3.24. The molecule has 30 heavy (non-hydrogen) atoms. The Morgan fingerprint density at radius 3 is 2.70 bits per heavy atom. The number of β-amino-alcohol motifs (C(OH)–C–C–N with tert-alkyl or cyclic N) is 1. The number of carbonyl (C=O) groups excluding carboxylic acids is 1. The van der Waals surface area contributed by atoms with E-state index in [2.05, 4.69) is 44.7 Å². The van der Waals surface area contributed by atoms with Gasteiger partial charge in [-0.15, -0.1) is 5.10 Å². The standard InChI is InChI=1S/C22H26N6O2/c29-18-13-22(9-11-26(12-10-22)14-17-5-2-1-3-6-17)16-27(15-18)21(30)19-7-4-8-20-23-24-25-28(19)20/h1-8,18,29H,9-16H2. The normalized spacial score (nSPS) is 21.9. The lowest BCUT2D eigenvalue weighted by Crippen LogP contribution is -2.55. The number of likely N-dealkylation sites (tertiary alicyclic amines) is 2. The zero-order chi connectivity index (χ0) is 20.6. The predicted octanol–water partition coefficient (Wildman–Crippen LogP) is 1.61. The van der Waals surface area contributed by atoms with Crippen LogP contribution in [0.25, 0.3) is 5.65 Å². The first-order chi connectivity index (χ1) is 14.6. The van der Waals surface area contributed by atoms with Gasteiger partial charge in [0.2, 0.25) is 0 Å². The fourth-order valence-corrected chi connectivity index (χ4v) is 4.99. The zero-order valence-corrected chi connectivity index (χ0v) is 16.9. The van der Waals surface area contributed by atoms with Crippen molar-refractivity contribution in [2.24, 2.45) is 5.41 Å². The topological polar surface area (TPSA) is 86.9 Å². The molecule has 1 unspecified atom stereocenters. The number of benzene rings is 1. The molecule has 0 saturated carbocycles. The van der Waals surface area contributed by atoms with Gasteiger partial charge in [0.15, 0.2) is 5.65 Å². The van der Waals surface area contributed by atoms with Gasteiger partial charge in [0.25, 0.3) is 5.91 Å². The third-order valence-corrected chi connectivity index (χ3v) is 6.52. The highest BCUT2D eigenvalue weighted by Crippen LogP contribution is 2.40. The fraction of sp³-hybridized carbons (Fsp3) is 0.455. The van der Waals surface area contributed by atoms with Crippen molar-refractivity contribution >= 4 is 11.6 Å². The monoisotopic (exact) mass is 406 g/mol. The third-order valence-electron chi connectivity index (χ3n) is 6.52. The summed E-state index contributed by atoms with van der Waals surface area (Å²) in [7, 11) is 0. The average molecular weight is 406 g/mol. The minimum atomic E-state index is -0.503. The second kappa shape index (κ2) is 7.77. The Balaban J connectivity index is 1.29. The Morgan fingerprint density at radius 1 is 1.10 bits per heavy atom. The van der Waals surface area contributed by atoms with Crippen molar-refractivity contribution in [2.45, 2.75) is 31.9 Å². The number of pyridine rings is 1. The zero-order valence-electron chi connectivity index (χ0n) is 16.9. The lowest BCUT2D eigenvalue weighted by Gasteiger charge is -2.49. The molecule has 2 aliphatic rings. The van der Waals surface area contributed by atoms with Crippen LogP contribution in [0.15, 0.2) is 48.5 Å². The second-order valence-electron chi connectivity index (χ2n) is 8.67. The summed E-state index contributed by atoms with van der Waals surface area (Å²) in [6.45, 7) is 3.93. The molecule has 1 aromatic carbocycles. The maximum Gasteiger partial charge on any atom is 0.272 e. The first-order valence-electron chi connectivity index (χ1n) is 10.5. The van der Waals surface area contributed by atoms with Gasteiger partial charge in [-0.05, 0) is 65.9 Å². The number of tetrazole rings is 1. The Hall–Kier alpha value is -2.84. The van der Waals surface area contributed by atoms with Crippen LogP contribution < -0.4 is 0 Å². The molecule has 4 heterocycles. The molecule has 2 aliphatic heterocycles. The molecule has 1 N–H and O–H groups in total. The minimum absolute atomic E-state index is 0.0327. The highest BCUT2D eigenvalue weighted by Gasteiger charge is 2.43. The SMILES string of the molecule is O=C(c1cccc2nnnn12)N1CC(O)CC2(CCN(Cc3ccccc3)CC2)C1. The molecule has 1 spiro atoms. The number of piperidine rings is 2. The van der Waals surface area contributed by atoms with Crippen LogP contribution in [0, 0.1) is 5.41 Å². The molecule has 5 rings (SSSR count). The van der Waals surface area contributed by atoms with E-state index in [9.17, 15) is 9.90 Å². The second-order valence-corrected chi connectivity index (χ2v) is 8.67. The van der Waals surface area contributed by atoms with Crippen LogP contribution in [0.5, 0.6) is 0 Å². The van der Waals surface area contributed by atoms with Crippen LogP contribution in [0.3, 0.4) is 0 Å². The molecular formula is C22H26N6O2. The van der Waals surface area contributed by atoms with E-state index in [0.29, 0.717) is 24.4 Å². The molecule has 1 amide bonds. The molecule has 0 aliphatic carbocycles. The Labute approximate surface area is 175 Å². The van der Waals surface area contributed by atoms with Crippen molar-refractivity contribution in [1.82, 2.24) is 29.8 Å². The number of fused-ring (bicyclic) bond motifs is 1. The van der Waals surface area contributed by atoms with Gasteiger partial charge in [-0.2, -0.15) is 4.52 Å². The molecule has 2 saturated heterocycles. The summed E-state index contributed by atoms with van der Waals surface area (Å²) >= 11 is 0. The van der Waals surface area contributed by atoms with Crippen LogP contribution in [0.1, 0.15) is 35.3 Å². The summed E-state index contributed by atoms with van der Waals surface area (Å²) in [4.78, 5) is 17.5. The highest BCUT2D eigenvalue weighted by atomic mass is 16.3. The maximum absolute atomic E-state index is 13.3. The number of hydrogen-bond acceptors (Lipinski definition) is 6. The summed E-state index contributed by atoms with van der Waals surface area (Å²) in [6, 6.07) is 15.8.